The van der Waals surface area contributed by atoms with Crippen molar-refractivity contribution in [2.75, 3.05) is 6.54 Å². The van der Waals surface area contributed by atoms with Gasteiger partial charge < -0.3 is 5.32 Å². The molecule has 1 nitrogen and oxygen atoms in total. The summed E-state index contributed by atoms with van der Waals surface area (Å²) in [6, 6.07) is 0. The molecule has 0 aliphatic heterocycles. The second-order valence-corrected chi connectivity index (χ2v) is 9.35. The summed E-state index contributed by atoms with van der Waals surface area (Å²) in [7, 11) is 0. The summed E-state index contributed by atoms with van der Waals surface area (Å²) < 4.78 is 14.0. The topological polar surface area (TPSA) is 12.0 Å². The van der Waals surface area contributed by atoms with Crippen molar-refractivity contribution >= 4 is 0 Å². The molecule has 0 saturated carbocycles. The molecule has 2 heteroatoms. The summed E-state index contributed by atoms with van der Waals surface area (Å²) >= 11 is 0. The Morgan fingerprint density at radius 2 is 1.76 bits per heavy atom. The average molecular weight is 402 g/mol. The van der Waals surface area contributed by atoms with E-state index in [1.54, 1.807) is 13.8 Å². The Morgan fingerprint density at radius 3 is 2.31 bits per heavy atom. The Hall–Kier alpha value is -1.83. The summed E-state index contributed by atoms with van der Waals surface area (Å²) in [5, 5.41) is 3.48. The van der Waals surface area contributed by atoms with Crippen molar-refractivity contribution in [1.82, 2.24) is 5.32 Å². The zero-order valence-electron chi connectivity index (χ0n) is 20.0. The molecule has 0 radical (unpaired) electrons. The number of rotatable bonds is 14. The summed E-state index contributed by atoms with van der Waals surface area (Å²) in [6.07, 6.45) is 17.0. The van der Waals surface area contributed by atoms with Crippen LogP contribution < -0.4 is 5.32 Å². The quantitative estimate of drug-likeness (QED) is 0.175. The molecule has 0 rings (SSSR count). The molecule has 0 aliphatic rings. The molecule has 0 amide bonds. The second kappa shape index (κ2) is 13.4. The zero-order chi connectivity index (χ0) is 22.5. The van der Waals surface area contributed by atoms with Gasteiger partial charge in [-0.1, -0.05) is 62.5 Å². The summed E-state index contributed by atoms with van der Waals surface area (Å²) in [5.74, 6) is 0. The normalized spacial score (nSPS) is 14.4. The van der Waals surface area contributed by atoms with Crippen molar-refractivity contribution < 1.29 is 4.39 Å². The lowest BCUT2D eigenvalue weighted by Crippen LogP contribution is -2.28. The number of nitrogens with one attached hydrogen (secondary N) is 1. The van der Waals surface area contributed by atoms with E-state index in [2.05, 4.69) is 70.5 Å². The minimum atomic E-state index is -1.20. The van der Waals surface area contributed by atoms with Crippen LogP contribution in [0.3, 0.4) is 0 Å². The summed E-state index contributed by atoms with van der Waals surface area (Å²) in [4.78, 5) is 0. The Labute approximate surface area is 180 Å². The van der Waals surface area contributed by atoms with Crippen LogP contribution in [-0.2, 0) is 0 Å². The number of allylic oxidation sites excluding steroid dienone is 10. The predicted octanol–water partition coefficient (Wildman–Crippen LogP) is 8.40. The number of alkyl halides is 1. The molecule has 0 saturated heterocycles. The lowest BCUT2D eigenvalue weighted by Gasteiger charge is -2.25. The standard InChI is InChI=1S/C27H44FN/c1-10-12-13-15-24(5)29-21-26(6,7)18-14-16-25(17-19-27(8,9)28)23(4)20-22(3)11-2/h10-11,14,16-17,20,29H,1,5,12-13,15,18-19,21H2,2-4,6-9H3/b16-14-,22-11-,23-20+,25-17+. The van der Waals surface area contributed by atoms with Gasteiger partial charge in [0.15, 0.2) is 0 Å². The first kappa shape index (κ1) is 27.2. The largest absolute Gasteiger partial charge is 0.388 e. The van der Waals surface area contributed by atoms with Gasteiger partial charge in [-0.15, -0.1) is 6.58 Å². The summed E-state index contributed by atoms with van der Waals surface area (Å²) in [6.45, 7) is 22.7. The molecule has 1 N–H and O–H groups in total. The molecule has 0 aromatic rings. The van der Waals surface area contributed by atoms with Gasteiger partial charge >= 0.3 is 0 Å². The molecule has 29 heavy (non-hydrogen) atoms. The molecule has 0 aliphatic carbocycles. The van der Waals surface area contributed by atoms with Gasteiger partial charge in [0, 0.05) is 12.2 Å². The van der Waals surface area contributed by atoms with Crippen LogP contribution in [0.4, 0.5) is 4.39 Å². The van der Waals surface area contributed by atoms with Gasteiger partial charge in [-0.2, -0.15) is 0 Å². The van der Waals surface area contributed by atoms with Crippen LogP contribution in [0, 0.1) is 5.41 Å². The van der Waals surface area contributed by atoms with Crippen molar-refractivity contribution in [2.24, 2.45) is 5.41 Å². The number of halogens is 1. The van der Waals surface area contributed by atoms with E-state index in [4.69, 9.17) is 0 Å². The van der Waals surface area contributed by atoms with Crippen LogP contribution in [0.5, 0.6) is 0 Å². The lowest BCUT2D eigenvalue weighted by molar-refractivity contribution is 0.221. The van der Waals surface area contributed by atoms with Gasteiger partial charge in [0.2, 0.25) is 0 Å². The molecule has 0 fully saturated rings. The highest BCUT2D eigenvalue weighted by Gasteiger charge is 2.16. The predicted molar refractivity (Wildman–Crippen MR) is 130 cm³/mol. The first-order chi connectivity index (χ1) is 13.4. The SMILES string of the molecule is C=CCCCC(=C)NCC(C)(C)C\C=C/C(=C\CC(C)(C)F)C(/C)=C/C(C)=C\C. The fraction of sp³-hybridized carbons (Fsp3) is 0.556. The number of hydrogen-bond acceptors (Lipinski definition) is 1. The minimum absolute atomic E-state index is 0.110. The van der Waals surface area contributed by atoms with Crippen LogP contribution in [0.15, 0.2) is 72.0 Å². The third-order valence-corrected chi connectivity index (χ3v) is 4.83. The fourth-order valence-corrected chi connectivity index (χ4v) is 2.71. The maximum Gasteiger partial charge on any atom is 0.109 e. The maximum absolute atomic E-state index is 14.0. The molecule has 164 valence electrons. The van der Waals surface area contributed by atoms with Crippen molar-refractivity contribution in [3.05, 3.63) is 72.0 Å². The summed E-state index contributed by atoms with van der Waals surface area (Å²) in [5.41, 5.74) is 3.46. The van der Waals surface area contributed by atoms with Crippen molar-refractivity contribution in [3.63, 3.8) is 0 Å². The van der Waals surface area contributed by atoms with Gasteiger partial charge in [0.1, 0.15) is 5.67 Å². The van der Waals surface area contributed by atoms with Crippen molar-refractivity contribution in [3.8, 4) is 0 Å². The van der Waals surface area contributed by atoms with Crippen LogP contribution in [0.2, 0.25) is 0 Å². The Kier molecular flexibility index (Phi) is 12.6. The van der Waals surface area contributed by atoms with Crippen LogP contribution in [0.25, 0.3) is 0 Å². The molecule has 0 unspecified atom stereocenters. The van der Waals surface area contributed by atoms with Crippen molar-refractivity contribution in [1.29, 1.82) is 0 Å². The van der Waals surface area contributed by atoms with Gasteiger partial charge in [-0.25, -0.2) is 4.39 Å². The highest BCUT2D eigenvalue weighted by Crippen LogP contribution is 2.24. The van der Waals surface area contributed by atoms with Gasteiger partial charge in [-0.3, -0.25) is 0 Å². The van der Waals surface area contributed by atoms with Crippen LogP contribution in [0.1, 0.15) is 80.6 Å². The first-order valence-corrected chi connectivity index (χ1v) is 10.8. The van der Waals surface area contributed by atoms with Gasteiger partial charge in [0.05, 0.1) is 0 Å². The van der Waals surface area contributed by atoms with Gasteiger partial charge in [-0.05, 0) is 83.3 Å². The monoisotopic (exact) mass is 401 g/mol. The Balaban J connectivity index is 5.03. The van der Waals surface area contributed by atoms with E-state index in [-0.39, 0.29) is 5.41 Å². The minimum Gasteiger partial charge on any atom is -0.388 e. The number of hydrogen-bond donors (Lipinski definition) is 1. The molecule has 0 aromatic carbocycles. The molecule has 0 spiro atoms. The first-order valence-electron chi connectivity index (χ1n) is 10.8. The van der Waals surface area contributed by atoms with Crippen molar-refractivity contribution in [2.45, 2.75) is 86.2 Å². The highest BCUT2D eigenvalue weighted by atomic mass is 19.1. The third-order valence-electron chi connectivity index (χ3n) is 4.83. The molecule has 0 aromatic heterocycles. The fourth-order valence-electron chi connectivity index (χ4n) is 2.71. The zero-order valence-corrected chi connectivity index (χ0v) is 20.0. The van der Waals surface area contributed by atoms with E-state index < -0.39 is 5.67 Å². The van der Waals surface area contributed by atoms with E-state index >= 15 is 0 Å². The maximum atomic E-state index is 14.0. The van der Waals surface area contributed by atoms with E-state index in [9.17, 15) is 4.39 Å². The lowest BCUT2D eigenvalue weighted by atomic mass is 9.88. The van der Waals surface area contributed by atoms with Gasteiger partial charge in [0.25, 0.3) is 0 Å². The Morgan fingerprint density at radius 1 is 1.10 bits per heavy atom. The third kappa shape index (κ3) is 14.8. The molecule has 0 heterocycles. The molecular formula is C27H44FN. The van der Waals surface area contributed by atoms with Crippen LogP contribution in [-0.4, -0.2) is 12.2 Å². The molecule has 0 atom stereocenters. The Bertz CT molecular complexity index is 636. The number of unbranched alkanes of at least 4 members (excludes halogenated alkanes) is 1. The van der Waals surface area contributed by atoms with E-state index in [0.717, 1.165) is 49.1 Å². The van der Waals surface area contributed by atoms with E-state index in [0.29, 0.717) is 6.42 Å². The van der Waals surface area contributed by atoms with E-state index in [1.165, 1.54) is 5.57 Å². The smallest absolute Gasteiger partial charge is 0.109 e. The molecular weight excluding hydrogens is 357 g/mol. The van der Waals surface area contributed by atoms with E-state index in [1.807, 2.05) is 19.1 Å². The molecule has 0 bridgehead atoms. The average Bonchev–Trinajstić information content (AvgIpc) is 2.62. The highest BCUT2D eigenvalue weighted by molar-refractivity contribution is 5.42. The second-order valence-electron chi connectivity index (χ2n) is 9.35. The van der Waals surface area contributed by atoms with Crippen LogP contribution >= 0.6 is 0 Å².